The number of thiophene rings is 1. The number of anilines is 1. The number of likely N-dealkylation sites (tertiary alicyclic amines) is 2. The zero-order valence-electron chi connectivity index (χ0n) is 21.1. The van der Waals surface area contributed by atoms with Crippen LogP contribution in [0.4, 0.5) is 5.69 Å². The van der Waals surface area contributed by atoms with Gasteiger partial charge in [-0.1, -0.05) is 0 Å². The molecule has 0 saturated carbocycles. The predicted octanol–water partition coefficient (Wildman–Crippen LogP) is 5.07. The second kappa shape index (κ2) is 11.0. The molecule has 2 aromatic heterocycles. The van der Waals surface area contributed by atoms with Gasteiger partial charge in [0.15, 0.2) is 0 Å². The lowest BCUT2D eigenvalue weighted by Crippen LogP contribution is -2.37. The Labute approximate surface area is 225 Å². The van der Waals surface area contributed by atoms with E-state index in [-0.39, 0.29) is 18.1 Å². The third-order valence-electron chi connectivity index (χ3n) is 7.50. The highest BCUT2D eigenvalue weighted by atomic mass is 32.1. The molecule has 0 aliphatic carbocycles. The molecule has 2 aliphatic rings. The van der Waals surface area contributed by atoms with E-state index in [0.717, 1.165) is 97.4 Å². The first-order valence-electron chi connectivity index (χ1n) is 13.2. The quantitative estimate of drug-likeness (QED) is 0.311. The summed E-state index contributed by atoms with van der Waals surface area (Å²) in [5, 5.41) is 15.9. The number of aromatic nitrogens is 2. The maximum atomic E-state index is 13.5. The third-order valence-corrected chi connectivity index (χ3v) is 8.20. The molecule has 196 valence electrons. The Bertz CT molecular complexity index is 1390. The Morgan fingerprint density at radius 2 is 1.87 bits per heavy atom. The van der Waals surface area contributed by atoms with Gasteiger partial charge < -0.3 is 15.0 Å². The Hall–Kier alpha value is -3.69. The van der Waals surface area contributed by atoms with Gasteiger partial charge in [-0.05, 0) is 90.8 Å². The average Bonchev–Trinajstić information content (AvgIpc) is 3.73. The number of H-pyrrole nitrogens is 1. The van der Waals surface area contributed by atoms with Crippen LogP contribution in [0.2, 0.25) is 0 Å². The van der Waals surface area contributed by atoms with E-state index in [1.807, 2.05) is 53.9 Å². The SMILES string of the molecule is O=CN1CCC(Oc2ccc(-c3n[nH]c4ccc(NC(=O)C(c5ccsc5)N5CCCC5)cc34)cc2)CC1. The Morgan fingerprint density at radius 3 is 2.58 bits per heavy atom. The topological polar surface area (TPSA) is 90.6 Å². The van der Waals surface area contributed by atoms with E-state index in [2.05, 4.69) is 25.8 Å². The van der Waals surface area contributed by atoms with Gasteiger partial charge in [0, 0.05) is 42.6 Å². The Morgan fingerprint density at radius 1 is 1.08 bits per heavy atom. The second-order valence-electron chi connectivity index (χ2n) is 10.0. The van der Waals surface area contributed by atoms with Crippen molar-refractivity contribution >= 4 is 40.2 Å². The third kappa shape index (κ3) is 5.16. The summed E-state index contributed by atoms with van der Waals surface area (Å²) in [5.74, 6) is 0.808. The van der Waals surface area contributed by atoms with E-state index >= 15 is 0 Å². The summed E-state index contributed by atoms with van der Waals surface area (Å²) in [6.45, 7) is 3.35. The molecule has 0 radical (unpaired) electrons. The molecule has 2 aliphatic heterocycles. The van der Waals surface area contributed by atoms with E-state index in [0.29, 0.717) is 0 Å². The van der Waals surface area contributed by atoms with Crippen molar-refractivity contribution in [3.8, 4) is 17.0 Å². The van der Waals surface area contributed by atoms with Crippen LogP contribution in [0.1, 0.15) is 37.3 Å². The van der Waals surface area contributed by atoms with Crippen LogP contribution in [-0.4, -0.2) is 64.6 Å². The molecular weight excluding hydrogens is 498 g/mol. The lowest BCUT2D eigenvalue weighted by atomic mass is 10.1. The Balaban J connectivity index is 1.18. The van der Waals surface area contributed by atoms with Gasteiger partial charge in [0.25, 0.3) is 0 Å². The molecule has 0 spiro atoms. The van der Waals surface area contributed by atoms with E-state index in [9.17, 15) is 9.59 Å². The van der Waals surface area contributed by atoms with Gasteiger partial charge in [-0.3, -0.25) is 19.6 Å². The number of piperidine rings is 1. The van der Waals surface area contributed by atoms with Crippen molar-refractivity contribution < 1.29 is 14.3 Å². The largest absolute Gasteiger partial charge is 0.490 e. The monoisotopic (exact) mass is 529 g/mol. The molecule has 0 bridgehead atoms. The summed E-state index contributed by atoms with van der Waals surface area (Å²) in [7, 11) is 0. The van der Waals surface area contributed by atoms with E-state index in [4.69, 9.17) is 4.74 Å². The summed E-state index contributed by atoms with van der Waals surface area (Å²) in [6.07, 6.45) is 4.95. The second-order valence-corrected chi connectivity index (χ2v) is 10.8. The van der Waals surface area contributed by atoms with Gasteiger partial charge in [0.05, 0.1) is 11.2 Å². The van der Waals surface area contributed by atoms with Crippen molar-refractivity contribution in [3.05, 3.63) is 64.9 Å². The normalized spacial score (nSPS) is 17.5. The molecule has 1 unspecified atom stereocenters. The highest BCUT2D eigenvalue weighted by Crippen LogP contribution is 2.32. The molecule has 2 fully saturated rings. The minimum absolute atomic E-state index is 0.00447. The zero-order valence-corrected chi connectivity index (χ0v) is 22.0. The van der Waals surface area contributed by atoms with Gasteiger partial charge in [0.2, 0.25) is 12.3 Å². The summed E-state index contributed by atoms with van der Waals surface area (Å²) in [5.41, 5.74) is 4.52. The maximum Gasteiger partial charge on any atom is 0.246 e. The van der Waals surface area contributed by atoms with Crippen LogP contribution in [-0.2, 0) is 9.59 Å². The minimum atomic E-state index is -0.276. The molecular formula is C29H31N5O3S. The lowest BCUT2D eigenvalue weighted by Gasteiger charge is -2.29. The average molecular weight is 530 g/mol. The number of aromatic amines is 1. The number of carbonyl (C=O) groups excluding carboxylic acids is 2. The smallest absolute Gasteiger partial charge is 0.246 e. The molecule has 6 rings (SSSR count). The molecule has 2 saturated heterocycles. The first-order valence-corrected chi connectivity index (χ1v) is 14.1. The maximum absolute atomic E-state index is 13.5. The van der Waals surface area contributed by atoms with Crippen LogP contribution < -0.4 is 10.1 Å². The number of carbonyl (C=O) groups is 2. The fourth-order valence-corrected chi connectivity index (χ4v) is 6.14. The number of benzene rings is 2. The van der Waals surface area contributed by atoms with Crippen LogP contribution in [0, 0.1) is 0 Å². The number of rotatable bonds is 8. The highest BCUT2D eigenvalue weighted by molar-refractivity contribution is 7.08. The number of fused-ring (bicyclic) bond motifs is 1. The molecule has 8 nitrogen and oxygen atoms in total. The predicted molar refractivity (Wildman–Crippen MR) is 149 cm³/mol. The van der Waals surface area contributed by atoms with Crippen molar-refractivity contribution in [3.63, 3.8) is 0 Å². The molecule has 2 N–H and O–H groups in total. The number of nitrogens with one attached hydrogen (secondary N) is 2. The van der Waals surface area contributed by atoms with Crippen molar-refractivity contribution in [1.82, 2.24) is 20.0 Å². The number of amides is 2. The van der Waals surface area contributed by atoms with E-state index in [1.54, 1.807) is 16.2 Å². The molecule has 2 amide bonds. The summed E-state index contributed by atoms with van der Waals surface area (Å²) in [4.78, 5) is 28.4. The molecule has 1 atom stereocenters. The molecule has 4 aromatic rings. The van der Waals surface area contributed by atoms with Crippen molar-refractivity contribution in [2.45, 2.75) is 37.8 Å². The van der Waals surface area contributed by atoms with Crippen LogP contribution in [0.15, 0.2) is 59.3 Å². The fraction of sp³-hybridized carbons (Fsp3) is 0.345. The first kappa shape index (κ1) is 24.6. The van der Waals surface area contributed by atoms with Gasteiger partial charge in [-0.15, -0.1) is 0 Å². The van der Waals surface area contributed by atoms with Crippen molar-refractivity contribution in [1.29, 1.82) is 0 Å². The highest BCUT2D eigenvalue weighted by Gasteiger charge is 2.30. The molecule has 9 heteroatoms. The summed E-state index contributed by atoms with van der Waals surface area (Å²) < 4.78 is 6.14. The standard InChI is InChI=1S/C29H31N5O3S/c35-19-33-14-9-24(10-15-33)37-23-6-3-20(4-7-23)27-25-17-22(5-8-26(25)31-32-27)30-29(36)28(21-11-16-38-18-21)34-12-1-2-13-34/h3-8,11,16-19,24,28H,1-2,9-10,12-15H2,(H,30,36)(H,31,32). The van der Waals surface area contributed by atoms with Gasteiger partial charge in [-0.25, -0.2) is 0 Å². The first-order chi connectivity index (χ1) is 18.7. The van der Waals surface area contributed by atoms with Crippen LogP contribution in [0.3, 0.4) is 0 Å². The van der Waals surface area contributed by atoms with E-state index in [1.165, 1.54) is 0 Å². The van der Waals surface area contributed by atoms with Crippen molar-refractivity contribution in [2.24, 2.45) is 0 Å². The van der Waals surface area contributed by atoms with Gasteiger partial charge >= 0.3 is 0 Å². The molecule has 4 heterocycles. The van der Waals surface area contributed by atoms with Crippen molar-refractivity contribution in [2.75, 3.05) is 31.5 Å². The van der Waals surface area contributed by atoms with Gasteiger partial charge in [0.1, 0.15) is 17.9 Å². The molecule has 2 aromatic carbocycles. The fourth-order valence-electron chi connectivity index (χ4n) is 5.46. The summed E-state index contributed by atoms with van der Waals surface area (Å²) >= 11 is 1.62. The Kier molecular flexibility index (Phi) is 7.11. The minimum Gasteiger partial charge on any atom is -0.490 e. The summed E-state index contributed by atoms with van der Waals surface area (Å²) in [6, 6.07) is 15.6. The number of nitrogens with zero attached hydrogens (tertiary/aromatic N) is 3. The van der Waals surface area contributed by atoms with Gasteiger partial charge in [-0.2, -0.15) is 16.4 Å². The van der Waals surface area contributed by atoms with Crippen LogP contribution in [0.5, 0.6) is 5.75 Å². The number of hydrogen-bond acceptors (Lipinski definition) is 6. The van der Waals surface area contributed by atoms with E-state index < -0.39 is 0 Å². The van der Waals surface area contributed by atoms with Crippen LogP contribution in [0.25, 0.3) is 22.2 Å². The van der Waals surface area contributed by atoms with Crippen LogP contribution >= 0.6 is 11.3 Å². The lowest BCUT2D eigenvalue weighted by molar-refractivity contribution is -0.121. The number of hydrogen-bond donors (Lipinski definition) is 2. The molecule has 38 heavy (non-hydrogen) atoms. The number of ether oxygens (including phenoxy) is 1. The zero-order chi connectivity index (χ0) is 25.9.